The molecule has 0 bridgehead atoms. The number of benzene rings is 2. The van der Waals surface area contributed by atoms with Gasteiger partial charge in [0.25, 0.3) is 0 Å². The molecule has 4 heteroatoms. The average molecular weight is 276 g/mol. The molecule has 0 aliphatic carbocycles. The van der Waals surface area contributed by atoms with E-state index < -0.39 is 6.04 Å². The van der Waals surface area contributed by atoms with Gasteiger partial charge in [-0.3, -0.25) is 0 Å². The standard InChI is InChI=1S/C15H11ClFNO/c16-11-5-3-7-13-10(11)8-14(19-13)15(18)9-4-1-2-6-12(9)17/h1-8,15H,18H2. The molecule has 0 amide bonds. The van der Waals surface area contributed by atoms with Crippen molar-refractivity contribution in [3.8, 4) is 0 Å². The number of furan rings is 1. The monoisotopic (exact) mass is 275 g/mol. The third kappa shape index (κ3) is 2.11. The van der Waals surface area contributed by atoms with Crippen LogP contribution < -0.4 is 5.73 Å². The van der Waals surface area contributed by atoms with Gasteiger partial charge in [0.15, 0.2) is 0 Å². The summed E-state index contributed by atoms with van der Waals surface area (Å²) in [5.74, 6) is 0.148. The summed E-state index contributed by atoms with van der Waals surface area (Å²) in [5.41, 5.74) is 7.10. The van der Waals surface area contributed by atoms with Gasteiger partial charge < -0.3 is 10.2 Å². The van der Waals surface area contributed by atoms with Gasteiger partial charge in [-0.2, -0.15) is 0 Å². The van der Waals surface area contributed by atoms with Crippen molar-refractivity contribution < 1.29 is 8.81 Å². The molecule has 1 heterocycles. The van der Waals surface area contributed by atoms with Gasteiger partial charge in [0.1, 0.15) is 17.2 Å². The molecular formula is C15H11ClFNO. The summed E-state index contributed by atoms with van der Waals surface area (Å²) >= 11 is 6.08. The van der Waals surface area contributed by atoms with Crippen LogP contribution in [0.3, 0.4) is 0 Å². The molecule has 2 aromatic carbocycles. The van der Waals surface area contributed by atoms with Crippen LogP contribution in [0.25, 0.3) is 11.0 Å². The molecule has 0 aliphatic heterocycles. The smallest absolute Gasteiger partial charge is 0.135 e. The van der Waals surface area contributed by atoms with Crippen molar-refractivity contribution in [1.29, 1.82) is 0 Å². The molecule has 2 nitrogen and oxygen atoms in total. The van der Waals surface area contributed by atoms with Crippen LogP contribution in [0.2, 0.25) is 5.02 Å². The van der Waals surface area contributed by atoms with Crippen molar-refractivity contribution in [1.82, 2.24) is 0 Å². The number of hydrogen-bond acceptors (Lipinski definition) is 2. The van der Waals surface area contributed by atoms with Gasteiger partial charge in [0, 0.05) is 10.9 Å². The van der Waals surface area contributed by atoms with Gasteiger partial charge in [-0.25, -0.2) is 4.39 Å². The lowest BCUT2D eigenvalue weighted by Gasteiger charge is -2.09. The van der Waals surface area contributed by atoms with E-state index >= 15 is 0 Å². The topological polar surface area (TPSA) is 39.2 Å². The van der Waals surface area contributed by atoms with Crippen LogP contribution in [-0.4, -0.2) is 0 Å². The highest BCUT2D eigenvalue weighted by Crippen LogP contribution is 2.31. The highest BCUT2D eigenvalue weighted by atomic mass is 35.5. The number of fused-ring (bicyclic) bond motifs is 1. The molecule has 1 atom stereocenters. The third-order valence-electron chi connectivity index (χ3n) is 3.07. The largest absolute Gasteiger partial charge is 0.459 e. The van der Waals surface area contributed by atoms with E-state index in [0.717, 1.165) is 5.39 Å². The Morgan fingerprint density at radius 3 is 2.63 bits per heavy atom. The van der Waals surface area contributed by atoms with Crippen LogP contribution >= 0.6 is 11.6 Å². The normalized spacial score (nSPS) is 12.8. The minimum Gasteiger partial charge on any atom is -0.459 e. The van der Waals surface area contributed by atoms with E-state index in [9.17, 15) is 4.39 Å². The fourth-order valence-electron chi connectivity index (χ4n) is 2.08. The summed E-state index contributed by atoms with van der Waals surface area (Å²) < 4.78 is 19.4. The Labute approximate surface area is 114 Å². The zero-order valence-corrected chi connectivity index (χ0v) is 10.7. The lowest BCUT2D eigenvalue weighted by molar-refractivity contribution is 0.510. The lowest BCUT2D eigenvalue weighted by atomic mass is 10.0. The average Bonchev–Trinajstić information content (AvgIpc) is 2.84. The first-order valence-corrected chi connectivity index (χ1v) is 6.22. The summed E-state index contributed by atoms with van der Waals surface area (Å²) in [7, 11) is 0. The van der Waals surface area contributed by atoms with E-state index in [4.69, 9.17) is 21.8 Å². The number of nitrogens with two attached hydrogens (primary N) is 1. The van der Waals surface area contributed by atoms with Crippen molar-refractivity contribution in [3.05, 3.63) is 70.7 Å². The van der Waals surface area contributed by atoms with E-state index in [2.05, 4.69) is 0 Å². The lowest BCUT2D eigenvalue weighted by Crippen LogP contribution is -2.12. The first kappa shape index (κ1) is 12.2. The van der Waals surface area contributed by atoms with Gasteiger partial charge in [-0.1, -0.05) is 35.9 Å². The Bertz CT molecular complexity index is 738. The zero-order valence-electron chi connectivity index (χ0n) is 9.94. The molecular weight excluding hydrogens is 265 g/mol. The van der Waals surface area contributed by atoms with Gasteiger partial charge in [0.2, 0.25) is 0 Å². The van der Waals surface area contributed by atoms with Crippen LogP contribution in [0.1, 0.15) is 17.4 Å². The van der Waals surface area contributed by atoms with E-state index in [1.165, 1.54) is 6.07 Å². The minimum absolute atomic E-state index is 0.346. The van der Waals surface area contributed by atoms with Gasteiger partial charge in [-0.05, 0) is 24.3 Å². The summed E-state index contributed by atoms with van der Waals surface area (Å²) in [6.07, 6.45) is 0. The van der Waals surface area contributed by atoms with Crippen molar-refractivity contribution >= 4 is 22.6 Å². The van der Waals surface area contributed by atoms with Gasteiger partial charge in [-0.15, -0.1) is 0 Å². The molecule has 1 unspecified atom stereocenters. The minimum atomic E-state index is -0.648. The fraction of sp³-hybridized carbons (Fsp3) is 0.0667. The Morgan fingerprint density at radius 1 is 1.11 bits per heavy atom. The van der Waals surface area contributed by atoms with Crippen molar-refractivity contribution in [2.45, 2.75) is 6.04 Å². The second-order valence-electron chi connectivity index (χ2n) is 4.30. The van der Waals surface area contributed by atoms with Crippen LogP contribution in [0.4, 0.5) is 4.39 Å². The molecule has 0 aliphatic rings. The Hall–Kier alpha value is -1.84. The van der Waals surface area contributed by atoms with Crippen molar-refractivity contribution in [2.24, 2.45) is 5.73 Å². The van der Waals surface area contributed by atoms with E-state index in [0.29, 0.717) is 21.9 Å². The van der Waals surface area contributed by atoms with Crippen molar-refractivity contribution in [2.75, 3.05) is 0 Å². The molecule has 0 radical (unpaired) electrons. The summed E-state index contributed by atoms with van der Waals surface area (Å²) in [5, 5.41) is 1.37. The van der Waals surface area contributed by atoms with E-state index in [1.54, 1.807) is 42.5 Å². The maximum absolute atomic E-state index is 13.7. The molecule has 0 fully saturated rings. The maximum atomic E-state index is 13.7. The van der Waals surface area contributed by atoms with Crippen LogP contribution in [0, 0.1) is 5.82 Å². The summed E-state index contributed by atoms with van der Waals surface area (Å²) in [6.45, 7) is 0. The van der Waals surface area contributed by atoms with Gasteiger partial charge in [0.05, 0.1) is 11.1 Å². The quantitative estimate of drug-likeness (QED) is 0.758. The number of halogens is 2. The third-order valence-corrected chi connectivity index (χ3v) is 3.40. The van der Waals surface area contributed by atoms with Crippen LogP contribution in [0.15, 0.2) is 52.9 Å². The Balaban J connectivity index is 2.10. The predicted molar refractivity (Wildman–Crippen MR) is 73.7 cm³/mol. The Morgan fingerprint density at radius 2 is 1.89 bits per heavy atom. The number of rotatable bonds is 2. The maximum Gasteiger partial charge on any atom is 0.135 e. The molecule has 1 aromatic heterocycles. The molecule has 3 aromatic rings. The first-order valence-electron chi connectivity index (χ1n) is 5.85. The second kappa shape index (κ2) is 4.68. The SMILES string of the molecule is NC(c1cc2c(Cl)cccc2o1)c1ccccc1F. The van der Waals surface area contributed by atoms with Crippen LogP contribution in [0.5, 0.6) is 0 Å². The van der Waals surface area contributed by atoms with E-state index in [1.807, 2.05) is 0 Å². The number of hydrogen-bond donors (Lipinski definition) is 1. The zero-order chi connectivity index (χ0) is 13.4. The summed E-state index contributed by atoms with van der Waals surface area (Å²) in [4.78, 5) is 0. The fourth-order valence-corrected chi connectivity index (χ4v) is 2.30. The molecule has 19 heavy (non-hydrogen) atoms. The molecule has 0 saturated carbocycles. The highest BCUT2D eigenvalue weighted by molar-refractivity contribution is 6.35. The molecule has 96 valence electrons. The molecule has 3 rings (SSSR count). The first-order chi connectivity index (χ1) is 9.16. The Kier molecular flexibility index (Phi) is 3.01. The van der Waals surface area contributed by atoms with Gasteiger partial charge >= 0.3 is 0 Å². The predicted octanol–water partition coefficient (Wildman–Crippen LogP) is 4.27. The molecule has 0 saturated heterocycles. The highest BCUT2D eigenvalue weighted by Gasteiger charge is 2.18. The van der Waals surface area contributed by atoms with E-state index in [-0.39, 0.29) is 5.82 Å². The molecule has 0 spiro atoms. The second-order valence-corrected chi connectivity index (χ2v) is 4.71. The van der Waals surface area contributed by atoms with Crippen molar-refractivity contribution in [3.63, 3.8) is 0 Å². The van der Waals surface area contributed by atoms with Crippen LogP contribution in [-0.2, 0) is 0 Å². The summed E-state index contributed by atoms with van der Waals surface area (Å²) in [6, 6.07) is 12.9. The molecule has 2 N–H and O–H groups in total.